The summed E-state index contributed by atoms with van der Waals surface area (Å²) in [7, 11) is 1.60. The van der Waals surface area contributed by atoms with Crippen LogP contribution in [0.1, 0.15) is 36.6 Å². The SMILES string of the molecule is CN1N=C(C(=O)N2CCC(c3nc4cc(Cl)ccc4s3)CC2)CCC1=O. The highest BCUT2D eigenvalue weighted by atomic mass is 35.5. The third-order valence-electron chi connectivity index (χ3n) is 4.95. The van der Waals surface area contributed by atoms with Crippen LogP contribution in [0, 0.1) is 0 Å². The molecule has 0 saturated carbocycles. The molecule has 6 nitrogen and oxygen atoms in total. The number of amides is 2. The Balaban J connectivity index is 1.42. The zero-order valence-corrected chi connectivity index (χ0v) is 16.0. The van der Waals surface area contributed by atoms with Gasteiger partial charge in [0.25, 0.3) is 5.91 Å². The number of fused-ring (bicyclic) bond motifs is 1. The minimum absolute atomic E-state index is 0.0427. The summed E-state index contributed by atoms with van der Waals surface area (Å²) in [5, 5.41) is 7.23. The molecule has 0 radical (unpaired) electrons. The Morgan fingerprint density at radius 2 is 2.04 bits per heavy atom. The number of aromatic nitrogens is 1. The minimum atomic E-state index is -0.0452. The summed E-state index contributed by atoms with van der Waals surface area (Å²) in [6.45, 7) is 1.38. The van der Waals surface area contributed by atoms with Gasteiger partial charge in [0.1, 0.15) is 5.71 Å². The van der Waals surface area contributed by atoms with Gasteiger partial charge < -0.3 is 4.90 Å². The molecule has 136 valence electrons. The van der Waals surface area contributed by atoms with Gasteiger partial charge in [-0.05, 0) is 31.0 Å². The average molecular weight is 391 g/mol. The molecule has 0 atom stereocenters. The number of halogens is 1. The van der Waals surface area contributed by atoms with Crippen LogP contribution in [0.25, 0.3) is 10.2 Å². The monoisotopic (exact) mass is 390 g/mol. The van der Waals surface area contributed by atoms with Crippen molar-refractivity contribution in [1.82, 2.24) is 14.9 Å². The van der Waals surface area contributed by atoms with E-state index in [2.05, 4.69) is 5.10 Å². The van der Waals surface area contributed by atoms with Crippen LogP contribution in [0.5, 0.6) is 0 Å². The number of piperidine rings is 1. The molecule has 0 aliphatic carbocycles. The van der Waals surface area contributed by atoms with Crippen LogP contribution in [0.2, 0.25) is 5.02 Å². The van der Waals surface area contributed by atoms with Crippen LogP contribution >= 0.6 is 22.9 Å². The lowest BCUT2D eigenvalue weighted by atomic mass is 9.97. The lowest BCUT2D eigenvalue weighted by Gasteiger charge is -2.32. The lowest BCUT2D eigenvalue weighted by Crippen LogP contribution is -2.44. The van der Waals surface area contributed by atoms with E-state index in [0.717, 1.165) is 28.1 Å². The fourth-order valence-corrected chi connectivity index (χ4v) is 4.71. The van der Waals surface area contributed by atoms with Crippen molar-refractivity contribution >= 4 is 50.7 Å². The van der Waals surface area contributed by atoms with E-state index >= 15 is 0 Å². The van der Waals surface area contributed by atoms with Crippen LogP contribution in [0.4, 0.5) is 0 Å². The van der Waals surface area contributed by atoms with Crippen molar-refractivity contribution in [3.05, 3.63) is 28.2 Å². The Labute approximate surface area is 160 Å². The van der Waals surface area contributed by atoms with E-state index < -0.39 is 0 Å². The smallest absolute Gasteiger partial charge is 0.270 e. The summed E-state index contributed by atoms with van der Waals surface area (Å²) in [6, 6.07) is 5.80. The van der Waals surface area contributed by atoms with Gasteiger partial charge in [0.2, 0.25) is 5.91 Å². The summed E-state index contributed by atoms with van der Waals surface area (Å²) in [5.41, 5.74) is 1.43. The molecular formula is C18H19ClN4O2S. The van der Waals surface area contributed by atoms with Gasteiger partial charge in [-0.15, -0.1) is 11.3 Å². The van der Waals surface area contributed by atoms with Gasteiger partial charge >= 0.3 is 0 Å². The summed E-state index contributed by atoms with van der Waals surface area (Å²) in [4.78, 5) is 30.8. The number of likely N-dealkylation sites (tertiary alicyclic amines) is 1. The molecule has 0 unspecified atom stereocenters. The van der Waals surface area contributed by atoms with Crippen LogP contribution < -0.4 is 0 Å². The van der Waals surface area contributed by atoms with Crippen molar-refractivity contribution in [3.8, 4) is 0 Å². The fourth-order valence-electron chi connectivity index (χ4n) is 3.43. The third kappa shape index (κ3) is 3.33. The standard InChI is InChI=1S/C18H19ClN4O2S/c1-22-16(24)5-3-13(21-22)18(25)23-8-6-11(7-9-23)17-20-14-10-12(19)2-4-15(14)26-17/h2,4,10-11H,3,5-9H2,1H3. The summed E-state index contributed by atoms with van der Waals surface area (Å²) < 4.78 is 1.15. The molecule has 0 spiro atoms. The maximum absolute atomic E-state index is 12.7. The number of hydrazone groups is 1. The Morgan fingerprint density at radius 1 is 1.27 bits per heavy atom. The van der Waals surface area contributed by atoms with Crippen molar-refractivity contribution in [1.29, 1.82) is 0 Å². The van der Waals surface area contributed by atoms with Crippen molar-refractivity contribution in [2.75, 3.05) is 20.1 Å². The first-order valence-electron chi connectivity index (χ1n) is 8.70. The summed E-state index contributed by atoms with van der Waals surface area (Å²) >= 11 is 7.76. The minimum Gasteiger partial charge on any atom is -0.337 e. The van der Waals surface area contributed by atoms with E-state index in [9.17, 15) is 9.59 Å². The van der Waals surface area contributed by atoms with Gasteiger partial charge in [0.15, 0.2) is 0 Å². The molecule has 2 amide bonds. The Morgan fingerprint density at radius 3 is 2.77 bits per heavy atom. The topological polar surface area (TPSA) is 65.9 Å². The molecule has 1 saturated heterocycles. The number of hydrogen-bond acceptors (Lipinski definition) is 5. The highest BCUT2D eigenvalue weighted by Crippen LogP contribution is 2.34. The molecule has 0 N–H and O–H groups in total. The number of thiazole rings is 1. The quantitative estimate of drug-likeness (QED) is 0.790. The van der Waals surface area contributed by atoms with E-state index in [1.54, 1.807) is 18.4 Å². The Kier molecular flexibility index (Phi) is 4.67. The zero-order valence-electron chi connectivity index (χ0n) is 14.4. The van der Waals surface area contributed by atoms with Crippen LogP contribution in [0.15, 0.2) is 23.3 Å². The molecule has 26 heavy (non-hydrogen) atoms. The number of carbonyl (C=O) groups is 2. The molecule has 4 rings (SSSR count). The number of nitrogens with zero attached hydrogens (tertiary/aromatic N) is 4. The van der Waals surface area contributed by atoms with Crippen molar-refractivity contribution in [2.45, 2.75) is 31.6 Å². The van der Waals surface area contributed by atoms with E-state index in [4.69, 9.17) is 16.6 Å². The molecule has 0 bridgehead atoms. The number of benzene rings is 1. The predicted molar refractivity (Wildman–Crippen MR) is 103 cm³/mol. The average Bonchev–Trinajstić information content (AvgIpc) is 3.06. The second-order valence-electron chi connectivity index (χ2n) is 6.69. The molecule has 2 aliphatic rings. The highest BCUT2D eigenvalue weighted by molar-refractivity contribution is 7.18. The third-order valence-corrected chi connectivity index (χ3v) is 6.39. The molecule has 8 heteroatoms. The van der Waals surface area contributed by atoms with E-state index in [-0.39, 0.29) is 11.8 Å². The highest BCUT2D eigenvalue weighted by Gasteiger charge is 2.30. The maximum atomic E-state index is 12.7. The number of rotatable bonds is 2. The zero-order chi connectivity index (χ0) is 18.3. The Bertz CT molecular complexity index is 902. The van der Waals surface area contributed by atoms with Crippen molar-refractivity contribution in [2.24, 2.45) is 5.10 Å². The van der Waals surface area contributed by atoms with E-state index in [1.165, 1.54) is 5.01 Å². The first-order valence-corrected chi connectivity index (χ1v) is 9.90. The van der Waals surface area contributed by atoms with Gasteiger partial charge in [0, 0.05) is 43.9 Å². The van der Waals surface area contributed by atoms with E-state index in [0.29, 0.717) is 42.6 Å². The second kappa shape index (κ2) is 6.96. The molecule has 2 aromatic rings. The first kappa shape index (κ1) is 17.4. The molecule has 2 aliphatic heterocycles. The van der Waals surface area contributed by atoms with Crippen LogP contribution in [-0.2, 0) is 9.59 Å². The number of carbonyl (C=O) groups excluding carboxylic acids is 2. The van der Waals surface area contributed by atoms with Crippen molar-refractivity contribution < 1.29 is 9.59 Å². The summed E-state index contributed by atoms with van der Waals surface area (Å²) in [5.74, 6) is 0.280. The maximum Gasteiger partial charge on any atom is 0.270 e. The molecular weight excluding hydrogens is 372 g/mol. The molecule has 3 heterocycles. The van der Waals surface area contributed by atoms with Gasteiger partial charge in [-0.3, -0.25) is 9.59 Å². The molecule has 1 aromatic heterocycles. The fraction of sp³-hybridized carbons (Fsp3) is 0.444. The number of hydrogen-bond donors (Lipinski definition) is 0. The van der Waals surface area contributed by atoms with Gasteiger partial charge in [0.05, 0.1) is 15.2 Å². The van der Waals surface area contributed by atoms with Gasteiger partial charge in [-0.25, -0.2) is 9.99 Å². The normalized spacial score (nSPS) is 19.2. The molecule has 1 fully saturated rings. The summed E-state index contributed by atoms with van der Waals surface area (Å²) in [6.07, 6.45) is 2.56. The Hall–Kier alpha value is -1.99. The van der Waals surface area contributed by atoms with Gasteiger partial charge in [-0.1, -0.05) is 11.6 Å². The largest absolute Gasteiger partial charge is 0.337 e. The van der Waals surface area contributed by atoms with Crippen LogP contribution in [0.3, 0.4) is 0 Å². The predicted octanol–water partition coefficient (Wildman–Crippen LogP) is 3.26. The van der Waals surface area contributed by atoms with E-state index in [1.807, 2.05) is 23.1 Å². The van der Waals surface area contributed by atoms with Crippen LogP contribution in [-0.4, -0.2) is 52.6 Å². The second-order valence-corrected chi connectivity index (χ2v) is 8.19. The van der Waals surface area contributed by atoms with Gasteiger partial charge in [-0.2, -0.15) is 5.10 Å². The molecule has 1 aromatic carbocycles. The lowest BCUT2D eigenvalue weighted by molar-refractivity contribution is -0.130. The first-order chi connectivity index (χ1) is 12.5. The van der Waals surface area contributed by atoms with Crippen molar-refractivity contribution in [3.63, 3.8) is 0 Å².